The van der Waals surface area contributed by atoms with Gasteiger partial charge in [-0.15, -0.1) is 11.8 Å². The number of carbonyl (C=O) groups is 1. The van der Waals surface area contributed by atoms with Gasteiger partial charge in [0.15, 0.2) is 11.6 Å². The van der Waals surface area contributed by atoms with E-state index in [1.54, 1.807) is 4.90 Å². The fourth-order valence-electron chi connectivity index (χ4n) is 1.69. The number of amides is 1. The van der Waals surface area contributed by atoms with Crippen LogP contribution in [0.3, 0.4) is 0 Å². The molecule has 0 saturated carbocycles. The minimum absolute atomic E-state index is 0.0468. The molecule has 1 aliphatic heterocycles. The summed E-state index contributed by atoms with van der Waals surface area (Å²) in [5.74, 6) is -1.46. The number of carbonyl (C=O) groups excluding carboxylic acids is 1. The highest BCUT2D eigenvalue weighted by molar-refractivity contribution is 8.00. The molecule has 18 heavy (non-hydrogen) atoms. The molecule has 0 unspecified atom stereocenters. The zero-order valence-electron chi connectivity index (χ0n) is 9.60. The van der Waals surface area contributed by atoms with Crippen LogP contribution in [-0.2, 0) is 4.79 Å². The maximum Gasteiger partial charge on any atom is 0.232 e. The van der Waals surface area contributed by atoms with E-state index in [9.17, 15) is 13.6 Å². The summed E-state index contributed by atoms with van der Waals surface area (Å²) < 4.78 is 25.6. The summed E-state index contributed by atoms with van der Waals surface area (Å²) in [6, 6.07) is 3.58. The second-order valence-electron chi connectivity index (χ2n) is 4.21. The highest BCUT2D eigenvalue weighted by atomic mass is 32.2. The predicted octanol–water partition coefficient (Wildman–Crippen LogP) is 1.51. The first kappa shape index (κ1) is 13.3. The number of nitrogens with zero attached hydrogens (tertiary/aromatic N) is 1. The average molecular weight is 273 g/mol. The summed E-state index contributed by atoms with van der Waals surface area (Å²) in [5, 5.41) is 8.83. The van der Waals surface area contributed by atoms with Gasteiger partial charge in [-0.25, -0.2) is 8.78 Å². The third kappa shape index (κ3) is 3.00. The van der Waals surface area contributed by atoms with Crippen molar-refractivity contribution < 1.29 is 18.7 Å². The van der Waals surface area contributed by atoms with Crippen molar-refractivity contribution >= 4 is 17.7 Å². The number of aliphatic hydroxyl groups is 1. The molecular weight excluding hydrogens is 260 g/mol. The Kier molecular flexibility index (Phi) is 4.19. The monoisotopic (exact) mass is 273 g/mol. The highest BCUT2D eigenvalue weighted by Gasteiger charge is 2.29. The van der Waals surface area contributed by atoms with Gasteiger partial charge in [0, 0.05) is 30.5 Å². The van der Waals surface area contributed by atoms with Crippen molar-refractivity contribution in [1.82, 2.24) is 4.90 Å². The standard InChI is InChI=1S/C12H13F2NO2S/c13-10-2-1-9(3-11(10)14)18-7-12(17)15-4-8(5-15)6-16/h1-3,8,16H,4-7H2. The number of benzene rings is 1. The summed E-state index contributed by atoms with van der Waals surface area (Å²) >= 11 is 1.18. The summed E-state index contributed by atoms with van der Waals surface area (Å²) in [6.45, 7) is 1.25. The molecule has 6 heteroatoms. The van der Waals surface area contributed by atoms with E-state index in [1.807, 2.05) is 0 Å². The van der Waals surface area contributed by atoms with E-state index in [2.05, 4.69) is 0 Å². The van der Waals surface area contributed by atoms with E-state index in [0.29, 0.717) is 18.0 Å². The Morgan fingerprint density at radius 2 is 2.11 bits per heavy atom. The largest absolute Gasteiger partial charge is 0.396 e. The Hall–Kier alpha value is -1.14. The molecular formula is C12H13F2NO2S. The SMILES string of the molecule is O=C(CSc1ccc(F)c(F)c1)N1CC(CO)C1. The van der Waals surface area contributed by atoms with Gasteiger partial charge in [0.05, 0.1) is 5.75 Å². The van der Waals surface area contributed by atoms with Crippen LogP contribution in [0.15, 0.2) is 23.1 Å². The Labute approximate surface area is 108 Å². The van der Waals surface area contributed by atoms with Crippen LogP contribution in [0.1, 0.15) is 0 Å². The first-order chi connectivity index (χ1) is 8.60. The molecule has 0 bridgehead atoms. The summed E-state index contributed by atoms with van der Waals surface area (Å²) in [7, 11) is 0. The van der Waals surface area contributed by atoms with Crippen LogP contribution >= 0.6 is 11.8 Å². The van der Waals surface area contributed by atoms with Gasteiger partial charge in [-0.1, -0.05) is 0 Å². The molecule has 2 rings (SSSR count). The van der Waals surface area contributed by atoms with Gasteiger partial charge in [-0.2, -0.15) is 0 Å². The molecule has 98 valence electrons. The van der Waals surface area contributed by atoms with Gasteiger partial charge in [0.2, 0.25) is 5.91 Å². The molecule has 0 aromatic heterocycles. The van der Waals surface area contributed by atoms with Crippen molar-refractivity contribution in [1.29, 1.82) is 0 Å². The molecule has 1 fully saturated rings. The summed E-state index contributed by atoms with van der Waals surface area (Å²) in [5.41, 5.74) is 0. The van der Waals surface area contributed by atoms with Gasteiger partial charge in [0.25, 0.3) is 0 Å². The van der Waals surface area contributed by atoms with Gasteiger partial charge in [-0.05, 0) is 18.2 Å². The van der Waals surface area contributed by atoms with Gasteiger partial charge >= 0.3 is 0 Å². The van der Waals surface area contributed by atoms with Crippen LogP contribution in [0.5, 0.6) is 0 Å². The lowest BCUT2D eigenvalue weighted by Gasteiger charge is -2.38. The summed E-state index contributed by atoms with van der Waals surface area (Å²) in [4.78, 5) is 13.8. The second-order valence-corrected chi connectivity index (χ2v) is 5.26. The Balaban J connectivity index is 1.81. The number of likely N-dealkylation sites (tertiary alicyclic amines) is 1. The number of hydrogen-bond acceptors (Lipinski definition) is 3. The van der Waals surface area contributed by atoms with Crippen molar-refractivity contribution in [3.8, 4) is 0 Å². The lowest BCUT2D eigenvalue weighted by atomic mass is 10.0. The quantitative estimate of drug-likeness (QED) is 0.845. The van der Waals surface area contributed by atoms with E-state index in [0.717, 1.165) is 12.1 Å². The lowest BCUT2D eigenvalue weighted by Crippen LogP contribution is -2.51. The molecule has 1 aliphatic rings. The minimum atomic E-state index is -0.906. The zero-order valence-corrected chi connectivity index (χ0v) is 10.4. The summed E-state index contributed by atoms with van der Waals surface area (Å²) in [6.07, 6.45) is 0. The molecule has 1 aromatic carbocycles. The highest BCUT2D eigenvalue weighted by Crippen LogP contribution is 2.22. The predicted molar refractivity (Wildman–Crippen MR) is 64.2 cm³/mol. The van der Waals surface area contributed by atoms with Crippen molar-refractivity contribution in [2.75, 3.05) is 25.4 Å². The minimum Gasteiger partial charge on any atom is -0.396 e. The van der Waals surface area contributed by atoms with Gasteiger partial charge in [0.1, 0.15) is 0 Å². The molecule has 1 aromatic rings. The van der Waals surface area contributed by atoms with Gasteiger partial charge in [-0.3, -0.25) is 4.79 Å². The van der Waals surface area contributed by atoms with E-state index >= 15 is 0 Å². The molecule has 0 aliphatic carbocycles. The van der Waals surface area contributed by atoms with E-state index in [4.69, 9.17) is 5.11 Å². The van der Waals surface area contributed by atoms with Crippen molar-refractivity contribution in [2.24, 2.45) is 5.92 Å². The number of thioether (sulfide) groups is 1. The molecule has 1 N–H and O–H groups in total. The van der Waals surface area contributed by atoms with Crippen molar-refractivity contribution in [3.63, 3.8) is 0 Å². The van der Waals surface area contributed by atoms with Crippen LogP contribution in [0.4, 0.5) is 8.78 Å². The third-order valence-electron chi connectivity index (χ3n) is 2.82. The van der Waals surface area contributed by atoms with E-state index in [1.165, 1.54) is 17.8 Å². The Morgan fingerprint density at radius 3 is 2.72 bits per heavy atom. The second kappa shape index (κ2) is 5.67. The van der Waals surface area contributed by atoms with Crippen LogP contribution in [-0.4, -0.2) is 41.4 Å². The molecule has 0 radical (unpaired) electrons. The lowest BCUT2D eigenvalue weighted by molar-refractivity contribution is -0.135. The molecule has 1 heterocycles. The maximum atomic E-state index is 12.9. The molecule has 0 spiro atoms. The van der Waals surface area contributed by atoms with E-state index in [-0.39, 0.29) is 24.2 Å². The van der Waals surface area contributed by atoms with Gasteiger partial charge < -0.3 is 10.0 Å². The van der Waals surface area contributed by atoms with Crippen molar-refractivity contribution in [3.05, 3.63) is 29.8 Å². The molecule has 0 atom stereocenters. The average Bonchev–Trinajstić information content (AvgIpc) is 2.29. The fraction of sp³-hybridized carbons (Fsp3) is 0.417. The van der Waals surface area contributed by atoms with Crippen molar-refractivity contribution in [2.45, 2.75) is 4.90 Å². The van der Waals surface area contributed by atoms with Crippen LogP contribution in [0.2, 0.25) is 0 Å². The maximum absolute atomic E-state index is 12.9. The zero-order chi connectivity index (χ0) is 13.1. The number of aliphatic hydroxyl groups excluding tert-OH is 1. The third-order valence-corrected chi connectivity index (χ3v) is 3.80. The fourth-order valence-corrected chi connectivity index (χ4v) is 2.52. The number of halogens is 2. The smallest absolute Gasteiger partial charge is 0.232 e. The molecule has 1 saturated heterocycles. The van der Waals surface area contributed by atoms with E-state index < -0.39 is 11.6 Å². The molecule has 1 amide bonds. The Bertz CT molecular complexity index is 450. The van der Waals surface area contributed by atoms with Crippen LogP contribution < -0.4 is 0 Å². The number of hydrogen-bond donors (Lipinski definition) is 1. The first-order valence-electron chi connectivity index (χ1n) is 5.56. The normalized spacial score (nSPS) is 15.6. The van der Waals surface area contributed by atoms with Crippen LogP contribution in [0.25, 0.3) is 0 Å². The van der Waals surface area contributed by atoms with Crippen LogP contribution in [0, 0.1) is 17.6 Å². The Morgan fingerprint density at radius 1 is 1.39 bits per heavy atom. The molecule has 3 nitrogen and oxygen atoms in total. The number of rotatable bonds is 4. The first-order valence-corrected chi connectivity index (χ1v) is 6.55. The topological polar surface area (TPSA) is 40.5 Å².